The maximum absolute atomic E-state index is 8.47. The van der Waals surface area contributed by atoms with Gasteiger partial charge in [0.1, 0.15) is 0 Å². The number of aryl methyl sites for hydroxylation is 1. The van der Waals surface area contributed by atoms with E-state index in [1.165, 1.54) is 0 Å². The topological polar surface area (TPSA) is 42.2 Å². The first-order valence-corrected chi connectivity index (χ1v) is 5.38. The first-order chi connectivity index (χ1) is 7.72. The van der Waals surface area contributed by atoms with Gasteiger partial charge in [-0.15, -0.1) is 0 Å². The maximum atomic E-state index is 8.47. The zero-order valence-electron chi connectivity index (χ0n) is 9.42. The van der Waals surface area contributed by atoms with Gasteiger partial charge in [-0.3, -0.25) is 0 Å². The standard InChI is InChI=1S/C12H14ClNO2/c1-15-11-7-9(5-3-4-6-14)10(13)8-12(11)16-2/h7-8H,3-5H2,1-2H3. The fourth-order valence-corrected chi connectivity index (χ4v) is 1.69. The third-order valence-corrected chi connectivity index (χ3v) is 2.64. The van der Waals surface area contributed by atoms with Crippen molar-refractivity contribution in [3.05, 3.63) is 22.7 Å². The van der Waals surface area contributed by atoms with Gasteiger partial charge in [0.15, 0.2) is 11.5 Å². The van der Waals surface area contributed by atoms with Crippen LogP contribution < -0.4 is 9.47 Å². The summed E-state index contributed by atoms with van der Waals surface area (Å²) in [6, 6.07) is 5.71. The molecular weight excluding hydrogens is 226 g/mol. The molecule has 0 amide bonds. The molecule has 0 bridgehead atoms. The summed E-state index contributed by atoms with van der Waals surface area (Å²) in [5.74, 6) is 1.29. The van der Waals surface area contributed by atoms with Crippen molar-refractivity contribution in [3.8, 4) is 17.6 Å². The van der Waals surface area contributed by atoms with E-state index in [9.17, 15) is 0 Å². The third kappa shape index (κ3) is 3.04. The van der Waals surface area contributed by atoms with E-state index in [2.05, 4.69) is 6.07 Å². The van der Waals surface area contributed by atoms with Gasteiger partial charge < -0.3 is 9.47 Å². The average Bonchev–Trinajstić information content (AvgIpc) is 2.31. The number of unbranched alkanes of at least 4 members (excludes halogenated alkanes) is 1. The van der Waals surface area contributed by atoms with Crippen LogP contribution in [0.1, 0.15) is 18.4 Å². The van der Waals surface area contributed by atoms with Crippen molar-refractivity contribution in [2.45, 2.75) is 19.3 Å². The lowest BCUT2D eigenvalue weighted by molar-refractivity contribution is 0.354. The Morgan fingerprint density at radius 1 is 1.25 bits per heavy atom. The number of benzene rings is 1. The Bertz CT molecular complexity index is 399. The monoisotopic (exact) mass is 239 g/mol. The second-order valence-corrected chi connectivity index (χ2v) is 3.72. The zero-order valence-corrected chi connectivity index (χ0v) is 10.2. The highest BCUT2D eigenvalue weighted by Crippen LogP contribution is 2.33. The first-order valence-electron chi connectivity index (χ1n) is 5.00. The van der Waals surface area contributed by atoms with E-state index >= 15 is 0 Å². The molecular formula is C12H14ClNO2. The lowest BCUT2D eigenvalue weighted by Crippen LogP contribution is -1.94. The minimum atomic E-state index is 0.532. The molecule has 4 heteroatoms. The number of rotatable bonds is 5. The summed E-state index contributed by atoms with van der Waals surface area (Å²) in [5.41, 5.74) is 0.981. The molecule has 16 heavy (non-hydrogen) atoms. The van der Waals surface area contributed by atoms with Gasteiger partial charge in [0.25, 0.3) is 0 Å². The molecule has 0 aliphatic heterocycles. The van der Waals surface area contributed by atoms with E-state index < -0.39 is 0 Å². The smallest absolute Gasteiger partial charge is 0.162 e. The van der Waals surface area contributed by atoms with Gasteiger partial charge >= 0.3 is 0 Å². The summed E-state index contributed by atoms with van der Waals surface area (Å²) >= 11 is 6.10. The number of ether oxygens (including phenoxy) is 2. The molecule has 0 heterocycles. The number of nitrogens with zero attached hydrogens (tertiary/aromatic N) is 1. The molecule has 0 radical (unpaired) electrons. The van der Waals surface area contributed by atoms with Crippen LogP contribution in [-0.2, 0) is 6.42 Å². The lowest BCUT2D eigenvalue weighted by atomic mass is 10.1. The van der Waals surface area contributed by atoms with Crippen molar-refractivity contribution < 1.29 is 9.47 Å². The van der Waals surface area contributed by atoms with Crippen LogP contribution in [-0.4, -0.2) is 14.2 Å². The molecule has 1 aromatic rings. The highest BCUT2D eigenvalue weighted by molar-refractivity contribution is 6.31. The van der Waals surface area contributed by atoms with Crippen molar-refractivity contribution in [1.82, 2.24) is 0 Å². The quantitative estimate of drug-likeness (QED) is 0.741. The molecule has 0 saturated carbocycles. The summed E-state index contributed by atoms with van der Waals surface area (Å²) in [5, 5.41) is 9.12. The van der Waals surface area contributed by atoms with Crippen molar-refractivity contribution in [3.63, 3.8) is 0 Å². The van der Waals surface area contributed by atoms with Gasteiger partial charge in [0, 0.05) is 17.5 Å². The molecule has 0 spiro atoms. The van der Waals surface area contributed by atoms with Gasteiger partial charge in [0.2, 0.25) is 0 Å². The van der Waals surface area contributed by atoms with Crippen LogP contribution in [0, 0.1) is 11.3 Å². The van der Waals surface area contributed by atoms with Gasteiger partial charge in [0.05, 0.1) is 20.3 Å². The molecule has 1 rings (SSSR count). The van der Waals surface area contributed by atoms with Crippen LogP contribution in [0.5, 0.6) is 11.5 Å². The van der Waals surface area contributed by atoms with Gasteiger partial charge in [-0.05, 0) is 24.5 Å². The van der Waals surface area contributed by atoms with Gasteiger partial charge in [-0.1, -0.05) is 11.6 Å². The molecule has 1 aromatic carbocycles. The fourth-order valence-electron chi connectivity index (χ4n) is 1.45. The van der Waals surface area contributed by atoms with Crippen molar-refractivity contribution in [1.29, 1.82) is 5.26 Å². The molecule has 0 atom stereocenters. The molecule has 0 aliphatic carbocycles. The number of nitriles is 1. The van der Waals surface area contributed by atoms with Gasteiger partial charge in [-0.2, -0.15) is 5.26 Å². The van der Waals surface area contributed by atoms with E-state index in [0.29, 0.717) is 22.9 Å². The predicted octanol–water partition coefficient (Wildman–Crippen LogP) is 3.20. The normalized spacial score (nSPS) is 9.62. The number of halogens is 1. The van der Waals surface area contributed by atoms with Crippen LogP contribution in [0.25, 0.3) is 0 Å². The van der Waals surface area contributed by atoms with Crippen LogP contribution in [0.3, 0.4) is 0 Å². The predicted molar refractivity (Wildman–Crippen MR) is 63.1 cm³/mol. The molecule has 0 unspecified atom stereocenters. The Kier molecular flexibility index (Phi) is 4.94. The second kappa shape index (κ2) is 6.24. The zero-order chi connectivity index (χ0) is 12.0. The SMILES string of the molecule is COc1cc(Cl)c(CCCC#N)cc1OC. The minimum absolute atomic E-state index is 0.532. The first kappa shape index (κ1) is 12.7. The molecule has 0 N–H and O–H groups in total. The third-order valence-electron chi connectivity index (χ3n) is 2.29. The Hall–Kier alpha value is -1.40. The second-order valence-electron chi connectivity index (χ2n) is 3.31. The summed E-state index contributed by atoms with van der Waals surface area (Å²) in [4.78, 5) is 0. The molecule has 0 saturated heterocycles. The van der Waals surface area contributed by atoms with Crippen LogP contribution in [0.2, 0.25) is 5.02 Å². The Labute approximate surface area is 101 Å². The van der Waals surface area contributed by atoms with E-state index in [1.54, 1.807) is 20.3 Å². The fraction of sp³-hybridized carbons (Fsp3) is 0.417. The Morgan fingerprint density at radius 2 is 1.88 bits per heavy atom. The summed E-state index contributed by atoms with van der Waals surface area (Å²) < 4.78 is 10.3. The number of methoxy groups -OCH3 is 2. The molecule has 3 nitrogen and oxygen atoms in total. The van der Waals surface area contributed by atoms with Crippen molar-refractivity contribution in [2.75, 3.05) is 14.2 Å². The van der Waals surface area contributed by atoms with E-state index in [4.69, 9.17) is 26.3 Å². The van der Waals surface area contributed by atoms with Crippen LogP contribution in [0.15, 0.2) is 12.1 Å². The van der Waals surface area contributed by atoms with Gasteiger partial charge in [-0.25, -0.2) is 0 Å². The largest absolute Gasteiger partial charge is 0.493 e. The highest BCUT2D eigenvalue weighted by atomic mass is 35.5. The number of hydrogen-bond acceptors (Lipinski definition) is 3. The highest BCUT2D eigenvalue weighted by Gasteiger charge is 2.09. The molecule has 0 fully saturated rings. The number of hydrogen-bond donors (Lipinski definition) is 0. The van der Waals surface area contributed by atoms with E-state index in [0.717, 1.165) is 18.4 Å². The van der Waals surface area contributed by atoms with Crippen LogP contribution >= 0.6 is 11.6 Å². The van der Waals surface area contributed by atoms with Crippen molar-refractivity contribution in [2.24, 2.45) is 0 Å². The lowest BCUT2D eigenvalue weighted by Gasteiger charge is -2.11. The van der Waals surface area contributed by atoms with Crippen molar-refractivity contribution >= 4 is 11.6 Å². The maximum Gasteiger partial charge on any atom is 0.162 e. The Morgan fingerprint density at radius 3 is 2.44 bits per heavy atom. The summed E-state index contributed by atoms with van der Waals surface area (Å²) in [7, 11) is 3.16. The molecule has 0 aliphatic rings. The summed E-state index contributed by atoms with van der Waals surface area (Å²) in [6.45, 7) is 0. The van der Waals surface area contributed by atoms with Crippen LogP contribution in [0.4, 0.5) is 0 Å². The average molecular weight is 240 g/mol. The summed E-state index contributed by atoms with van der Waals surface area (Å²) in [6.07, 6.45) is 2.10. The van der Waals surface area contributed by atoms with E-state index in [-0.39, 0.29) is 0 Å². The molecule has 86 valence electrons. The Balaban J connectivity index is 2.89. The molecule has 0 aromatic heterocycles. The van der Waals surface area contributed by atoms with E-state index in [1.807, 2.05) is 6.07 Å². The minimum Gasteiger partial charge on any atom is -0.493 e.